The van der Waals surface area contributed by atoms with Crippen LogP contribution in [0.4, 0.5) is 52.7 Å². The minimum Gasteiger partial charge on any atom is -0.170 e. The van der Waals surface area contributed by atoms with E-state index in [2.05, 4.69) is 69.2 Å². The average Bonchev–Trinajstić information content (AvgIpc) is 3.73. The maximum absolute atomic E-state index is 11.6. The zero-order chi connectivity index (χ0) is 46.8. The van der Waals surface area contributed by atoms with E-state index in [1.807, 2.05) is 86.6 Å². The summed E-state index contributed by atoms with van der Waals surface area (Å²) in [6.07, 6.45) is -13.2. The Labute approximate surface area is 358 Å². The van der Waals surface area contributed by atoms with Gasteiger partial charge in [-0.1, -0.05) is 171 Å². The van der Waals surface area contributed by atoms with E-state index in [4.69, 9.17) is 0 Å². The van der Waals surface area contributed by atoms with E-state index in [-0.39, 0.29) is 42.5 Å². The van der Waals surface area contributed by atoms with Crippen LogP contribution in [-0.2, 0) is 0 Å². The number of hydrogen-bond acceptors (Lipinski definition) is 0. The van der Waals surface area contributed by atoms with Gasteiger partial charge in [0.1, 0.15) is 0 Å². The van der Waals surface area contributed by atoms with Gasteiger partial charge in [0.25, 0.3) is 0 Å². The quantitative estimate of drug-likeness (QED) is 0.231. The first-order valence-corrected chi connectivity index (χ1v) is 19.9. The maximum atomic E-state index is 11.6. The second kappa shape index (κ2) is 26.9. The number of halogens is 12. The third-order valence-corrected chi connectivity index (χ3v) is 9.02. The first-order chi connectivity index (χ1) is 25.7. The van der Waals surface area contributed by atoms with Crippen LogP contribution >= 0.6 is 0 Å². The fourth-order valence-electron chi connectivity index (χ4n) is 5.62. The summed E-state index contributed by atoms with van der Waals surface area (Å²) in [5.74, 6) is 4.61. The lowest BCUT2D eigenvalue weighted by Crippen LogP contribution is -2.44. The third-order valence-electron chi connectivity index (χ3n) is 9.02. The zero-order valence-corrected chi connectivity index (χ0v) is 37.8. The van der Waals surface area contributed by atoms with Crippen molar-refractivity contribution in [1.29, 1.82) is 0 Å². The second-order valence-electron chi connectivity index (χ2n) is 19.8. The van der Waals surface area contributed by atoms with E-state index in [1.54, 1.807) is 32.1 Å². The number of rotatable bonds is 0. The number of benzene rings is 2. The highest BCUT2D eigenvalue weighted by Crippen LogP contribution is 2.63. The summed E-state index contributed by atoms with van der Waals surface area (Å²) in [6.45, 7) is 26.9. The fourth-order valence-corrected chi connectivity index (χ4v) is 5.62. The van der Waals surface area contributed by atoms with Crippen molar-refractivity contribution >= 4 is 0 Å². The van der Waals surface area contributed by atoms with Crippen molar-refractivity contribution < 1.29 is 52.7 Å². The Morgan fingerprint density at radius 1 is 0.367 bits per heavy atom. The molecule has 4 unspecified atom stereocenters. The van der Waals surface area contributed by atoms with Crippen LogP contribution in [0, 0.1) is 50.7 Å². The van der Waals surface area contributed by atoms with Crippen molar-refractivity contribution in [2.24, 2.45) is 50.7 Å². The molecule has 0 nitrogen and oxygen atoms in total. The Morgan fingerprint density at radius 3 is 0.633 bits per heavy atom. The molecule has 2 aromatic rings. The number of alkyl halides is 12. The Hall–Kier alpha value is -2.40. The van der Waals surface area contributed by atoms with Crippen LogP contribution in [0.15, 0.2) is 72.8 Å². The van der Waals surface area contributed by atoms with Crippen molar-refractivity contribution in [3.8, 4) is 0 Å². The first-order valence-electron chi connectivity index (χ1n) is 19.9. The molecule has 3 aliphatic carbocycles. The second-order valence-corrected chi connectivity index (χ2v) is 19.8. The van der Waals surface area contributed by atoms with Gasteiger partial charge in [0.15, 0.2) is 10.8 Å². The fraction of sp³-hybridized carbons (Fsp3) is 0.750. The smallest absolute Gasteiger partial charge is 0.170 e. The van der Waals surface area contributed by atoms with Crippen LogP contribution in [0.1, 0.15) is 158 Å². The molecule has 0 N–H and O–H groups in total. The summed E-state index contributed by atoms with van der Waals surface area (Å²) in [7, 11) is 0. The van der Waals surface area contributed by atoms with Crippen molar-refractivity contribution in [1.82, 2.24) is 0 Å². The van der Waals surface area contributed by atoms with Crippen molar-refractivity contribution in [3.63, 3.8) is 0 Å². The van der Waals surface area contributed by atoms with Crippen molar-refractivity contribution in [2.75, 3.05) is 0 Å². The maximum Gasteiger partial charge on any atom is 0.402 e. The Balaban J connectivity index is -0.000000199. The van der Waals surface area contributed by atoms with Crippen LogP contribution in [0.3, 0.4) is 0 Å². The summed E-state index contributed by atoms with van der Waals surface area (Å²) in [6, 6.07) is 24.0. The summed E-state index contributed by atoms with van der Waals surface area (Å²) >= 11 is 0. The highest BCUT2D eigenvalue weighted by atomic mass is 19.4. The lowest BCUT2D eigenvalue weighted by molar-refractivity contribution is -0.328. The Kier molecular flexibility index (Phi) is 29.9. The summed E-state index contributed by atoms with van der Waals surface area (Å²) in [5.41, 5.74) is -5.56. The molecule has 60 heavy (non-hydrogen) atoms. The molecule has 2 bridgehead atoms. The van der Waals surface area contributed by atoms with Crippen LogP contribution in [0.25, 0.3) is 0 Å². The Morgan fingerprint density at radius 2 is 0.517 bits per heavy atom. The van der Waals surface area contributed by atoms with Crippen molar-refractivity contribution in [3.05, 3.63) is 72.8 Å². The minimum atomic E-state index is -5.24. The van der Waals surface area contributed by atoms with Gasteiger partial charge in [0.2, 0.25) is 0 Å². The van der Waals surface area contributed by atoms with Gasteiger partial charge in [-0.05, 0) is 99.7 Å². The molecule has 0 heterocycles. The lowest BCUT2D eigenvalue weighted by Gasteiger charge is -2.29. The largest absolute Gasteiger partial charge is 0.402 e. The van der Waals surface area contributed by atoms with Crippen LogP contribution < -0.4 is 0 Å². The van der Waals surface area contributed by atoms with E-state index < -0.39 is 35.5 Å². The molecule has 3 aliphatic rings. The molecule has 358 valence electrons. The van der Waals surface area contributed by atoms with E-state index in [1.165, 1.54) is 0 Å². The van der Waals surface area contributed by atoms with E-state index >= 15 is 0 Å². The predicted octanol–water partition coefficient (Wildman–Crippen LogP) is 19.5. The number of fused-ring (bicyclic) bond motifs is 5. The number of hydrogen-bond donors (Lipinski definition) is 0. The summed E-state index contributed by atoms with van der Waals surface area (Å²) in [5, 5.41) is 0. The van der Waals surface area contributed by atoms with Crippen LogP contribution in [-0.4, -0.2) is 24.7 Å². The third kappa shape index (κ3) is 28.2. The summed E-state index contributed by atoms with van der Waals surface area (Å²) in [4.78, 5) is 0. The molecule has 0 saturated heterocycles. The molecule has 3 fully saturated rings. The highest BCUT2D eigenvalue weighted by Gasteiger charge is 2.65. The van der Waals surface area contributed by atoms with Gasteiger partial charge in [-0.3, -0.25) is 0 Å². The SMILES string of the molecule is C.C.CC.CC(C)(C(F)(F)F)C(F)(F)F.CC(C)(C(F)(F)F)C(F)(F)F.CC(C)(C)C.CC(C)(C)C.CC1(C)CC2C3CCC(C3)C2C1.c1ccccc1.c1ccccc1. The van der Waals surface area contributed by atoms with Crippen LogP contribution in [0.5, 0.6) is 0 Å². The monoisotopic (exact) mass is 887 g/mol. The van der Waals surface area contributed by atoms with E-state index in [9.17, 15) is 52.7 Å². The molecular weight excluding hydrogens is 805 g/mol. The lowest BCUT2D eigenvalue weighted by atomic mass is 9.82. The van der Waals surface area contributed by atoms with E-state index in [0.29, 0.717) is 16.2 Å². The molecule has 2 aromatic carbocycles. The van der Waals surface area contributed by atoms with Gasteiger partial charge >= 0.3 is 24.7 Å². The first kappa shape index (κ1) is 66.7. The van der Waals surface area contributed by atoms with Gasteiger partial charge < -0.3 is 0 Å². The molecule has 5 rings (SSSR count). The molecule has 0 aliphatic heterocycles. The Bertz CT molecular complexity index is 1090. The topological polar surface area (TPSA) is 0 Å². The van der Waals surface area contributed by atoms with Crippen LogP contribution in [0.2, 0.25) is 0 Å². The molecule has 4 atom stereocenters. The van der Waals surface area contributed by atoms with Crippen molar-refractivity contribution in [2.45, 2.75) is 182 Å². The zero-order valence-electron chi connectivity index (χ0n) is 37.8. The minimum absolute atomic E-state index is 0. The predicted molar refractivity (Wildman–Crippen MR) is 231 cm³/mol. The molecule has 0 spiro atoms. The molecule has 0 amide bonds. The highest BCUT2D eigenvalue weighted by molar-refractivity contribution is 5.04. The van der Waals surface area contributed by atoms with Gasteiger partial charge in [0, 0.05) is 0 Å². The molecular formula is C48H82F12. The standard InChI is InChI=1S/C12H20.2C6H6.2C5H6F6.2C5H12.C2H6.2CH4/c1-12(2)6-10-8-3-4-9(5-8)11(10)7-12;2*1-2-4-6-5-3-1;2*1-3(2,4(6,7)8)5(9,10)11;2*1-5(2,3)4;1-2;;/h8-11H,3-7H2,1-2H3;2*1-6H;2*1-2H3;2*1-4H3;1-2H3;2*1H4. The normalized spacial score (nSPS) is 20.2. The molecule has 3 saturated carbocycles. The average molecular weight is 887 g/mol. The van der Waals surface area contributed by atoms with E-state index in [0.717, 1.165) is 23.7 Å². The molecule has 0 radical (unpaired) electrons. The van der Waals surface area contributed by atoms with Gasteiger partial charge in [-0.2, -0.15) is 52.7 Å². The van der Waals surface area contributed by atoms with Gasteiger partial charge in [-0.15, -0.1) is 0 Å². The van der Waals surface area contributed by atoms with Gasteiger partial charge in [-0.25, -0.2) is 0 Å². The summed E-state index contributed by atoms with van der Waals surface area (Å²) < 4.78 is 139. The molecule has 12 heteroatoms. The molecule has 0 aromatic heterocycles. The van der Waals surface area contributed by atoms with Gasteiger partial charge in [0.05, 0.1) is 0 Å².